The van der Waals surface area contributed by atoms with E-state index in [0.29, 0.717) is 6.04 Å². The lowest BCUT2D eigenvalue weighted by atomic mass is 10.2. The van der Waals surface area contributed by atoms with Crippen molar-refractivity contribution < 1.29 is 0 Å². The average molecular weight is 186 g/mol. The van der Waals surface area contributed by atoms with Crippen LogP contribution in [0.3, 0.4) is 0 Å². The molecule has 0 radical (unpaired) electrons. The maximum atomic E-state index is 11.4. The van der Waals surface area contributed by atoms with Crippen LogP contribution in [-0.2, 0) is 0 Å². The Hall–Kier alpha value is -1.64. The molecule has 1 aliphatic carbocycles. The lowest BCUT2D eigenvalue weighted by Crippen LogP contribution is -2.11. The van der Waals surface area contributed by atoms with E-state index in [2.05, 4.69) is 9.55 Å². The zero-order valence-corrected chi connectivity index (χ0v) is 7.68. The SMILES string of the molecule is O=c1ncn(C2CC2)c2ccccc12. The second-order valence-corrected chi connectivity index (χ2v) is 3.71. The Bertz CT molecular complexity index is 540. The van der Waals surface area contributed by atoms with Gasteiger partial charge >= 0.3 is 0 Å². The molecule has 0 aliphatic heterocycles. The minimum Gasteiger partial charge on any atom is -0.328 e. The van der Waals surface area contributed by atoms with Crippen LogP contribution in [0.5, 0.6) is 0 Å². The van der Waals surface area contributed by atoms with Crippen LogP contribution < -0.4 is 5.56 Å². The monoisotopic (exact) mass is 186 g/mol. The van der Waals surface area contributed by atoms with Crippen molar-refractivity contribution >= 4 is 10.9 Å². The molecular weight excluding hydrogens is 176 g/mol. The summed E-state index contributed by atoms with van der Waals surface area (Å²) in [5.41, 5.74) is 0.882. The highest BCUT2D eigenvalue weighted by Crippen LogP contribution is 2.35. The highest BCUT2D eigenvalue weighted by molar-refractivity contribution is 5.77. The fourth-order valence-corrected chi connectivity index (χ4v) is 1.77. The molecule has 0 saturated heterocycles. The van der Waals surface area contributed by atoms with Crippen LogP contribution in [0.4, 0.5) is 0 Å². The Balaban J connectivity index is 2.41. The number of benzene rings is 1. The average Bonchev–Trinajstić information content (AvgIpc) is 3.03. The quantitative estimate of drug-likeness (QED) is 0.679. The third-order valence-electron chi connectivity index (χ3n) is 2.65. The largest absolute Gasteiger partial charge is 0.328 e. The lowest BCUT2D eigenvalue weighted by molar-refractivity contribution is 0.744. The van der Waals surface area contributed by atoms with E-state index in [0.717, 1.165) is 10.9 Å². The molecule has 0 N–H and O–H groups in total. The number of hydrogen-bond donors (Lipinski definition) is 0. The molecule has 0 bridgehead atoms. The van der Waals surface area contributed by atoms with Crippen LogP contribution in [0.15, 0.2) is 35.4 Å². The van der Waals surface area contributed by atoms with E-state index in [9.17, 15) is 4.79 Å². The van der Waals surface area contributed by atoms with Gasteiger partial charge in [0, 0.05) is 6.04 Å². The summed E-state index contributed by atoms with van der Waals surface area (Å²) in [5.74, 6) is 0. The molecule has 2 aromatic rings. The van der Waals surface area contributed by atoms with Crippen molar-refractivity contribution in [3.8, 4) is 0 Å². The molecule has 0 amide bonds. The standard InChI is InChI=1S/C11H10N2O/c14-11-9-3-1-2-4-10(9)13(7-12-11)8-5-6-8/h1-4,7-8H,5-6H2. The number of para-hydroxylation sites is 1. The summed E-state index contributed by atoms with van der Waals surface area (Å²) in [4.78, 5) is 15.3. The predicted octanol–water partition coefficient (Wildman–Crippen LogP) is 1.73. The molecule has 1 fully saturated rings. The Kier molecular flexibility index (Phi) is 1.48. The summed E-state index contributed by atoms with van der Waals surface area (Å²) in [7, 11) is 0. The van der Waals surface area contributed by atoms with Gasteiger partial charge in [0.05, 0.1) is 17.2 Å². The van der Waals surface area contributed by atoms with Gasteiger partial charge in [-0.2, -0.15) is 4.98 Å². The van der Waals surface area contributed by atoms with Gasteiger partial charge in [-0.15, -0.1) is 0 Å². The summed E-state index contributed by atoms with van der Waals surface area (Å²) in [6.45, 7) is 0. The highest BCUT2D eigenvalue weighted by atomic mass is 16.1. The van der Waals surface area contributed by atoms with Gasteiger partial charge in [0.15, 0.2) is 0 Å². The molecule has 0 unspecified atom stereocenters. The first-order valence-electron chi connectivity index (χ1n) is 4.82. The van der Waals surface area contributed by atoms with Crippen LogP contribution in [0, 0.1) is 0 Å². The van der Waals surface area contributed by atoms with E-state index in [-0.39, 0.29) is 5.56 Å². The zero-order chi connectivity index (χ0) is 9.54. The van der Waals surface area contributed by atoms with Gasteiger partial charge in [0.25, 0.3) is 5.56 Å². The van der Waals surface area contributed by atoms with E-state index in [4.69, 9.17) is 0 Å². The van der Waals surface area contributed by atoms with Crippen molar-refractivity contribution in [3.05, 3.63) is 40.9 Å². The van der Waals surface area contributed by atoms with Gasteiger partial charge in [0.1, 0.15) is 0 Å². The number of fused-ring (bicyclic) bond motifs is 1. The van der Waals surface area contributed by atoms with Gasteiger partial charge in [0.2, 0.25) is 0 Å². The molecule has 0 atom stereocenters. The van der Waals surface area contributed by atoms with Gasteiger partial charge in [-0.25, -0.2) is 0 Å². The first-order chi connectivity index (χ1) is 6.86. The van der Waals surface area contributed by atoms with Crippen molar-refractivity contribution in [2.24, 2.45) is 0 Å². The van der Waals surface area contributed by atoms with Crippen LogP contribution in [0.1, 0.15) is 18.9 Å². The van der Waals surface area contributed by atoms with Gasteiger partial charge < -0.3 is 4.57 Å². The Labute approximate surface area is 81.0 Å². The molecule has 1 saturated carbocycles. The molecule has 3 rings (SSSR count). The molecule has 1 aromatic carbocycles. The minimum absolute atomic E-state index is 0.127. The maximum Gasteiger partial charge on any atom is 0.280 e. The van der Waals surface area contributed by atoms with Crippen molar-refractivity contribution in [2.75, 3.05) is 0 Å². The van der Waals surface area contributed by atoms with Crippen LogP contribution in [-0.4, -0.2) is 9.55 Å². The van der Waals surface area contributed by atoms with Crippen molar-refractivity contribution in [1.82, 2.24) is 9.55 Å². The Morgan fingerprint density at radius 3 is 2.86 bits per heavy atom. The fourth-order valence-electron chi connectivity index (χ4n) is 1.77. The molecular formula is C11H10N2O. The van der Waals surface area contributed by atoms with E-state index >= 15 is 0 Å². The third kappa shape index (κ3) is 1.05. The summed E-state index contributed by atoms with van der Waals surface area (Å²) in [6, 6.07) is 8.22. The first kappa shape index (κ1) is 7.74. The highest BCUT2D eigenvalue weighted by Gasteiger charge is 2.24. The molecule has 0 spiro atoms. The van der Waals surface area contributed by atoms with Gasteiger partial charge in [-0.05, 0) is 25.0 Å². The summed E-state index contributed by atoms with van der Waals surface area (Å²) < 4.78 is 2.11. The Morgan fingerprint density at radius 2 is 2.07 bits per heavy atom. The molecule has 3 heteroatoms. The minimum atomic E-state index is -0.127. The molecule has 1 aliphatic rings. The van der Waals surface area contributed by atoms with E-state index < -0.39 is 0 Å². The van der Waals surface area contributed by atoms with E-state index in [1.807, 2.05) is 24.3 Å². The second-order valence-electron chi connectivity index (χ2n) is 3.71. The second kappa shape index (κ2) is 2.67. The normalized spacial score (nSPS) is 16.0. The molecule has 1 heterocycles. The number of rotatable bonds is 1. The van der Waals surface area contributed by atoms with Crippen molar-refractivity contribution in [2.45, 2.75) is 18.9 Å². The zero-order valence-electron chi connectivity index (χ0n) is 7.68. The van der Waals surface area contributed by atoms with E-state index in [1.54, 1.807) is 6.33 Å². The third-order valence-corrected chi connectivity index (χ3v) is 2.65. The smallest absolute Gasteiger partial charge is 0.280 e. The van der Waals surface area contributed by atoms with Crippen molar-refractivity contribution in [3.63, 3.8) is 0 Å². The lowest BCUT2D eigenvalue weighted by Gasteiger charge is -2.07. The van der Waals surface area contributed by atoms with Gasteiger partial charge in [-0.1, -0.05) is 12.1 Å². The van der Waals surface area contributed by atoms with Gasteiger partial charge in [-0.3, -0.25) is 4.79 Å². The maximum absolute atomic E-state index is 11.4. The number of aromatic nitrogens is 2. The number of hydrogen-bond acceptors (Lipinski definition) is 2. The topological polar surface area (TPSA) is 34.9 Å². The summed E-state index contributed by atoms with van der Waals surface area (Å²) in [6.07, 6.45) is 4.07. The molecule has 3 nitrogen and oxygen atoms in total. The van der Waals surface area contributed by atoms with Crippen LogP contribution >= 0.6 is 0 Å². The van der Waals surface area contributed by atoms with E-state index in [1.165, 1.54) is 12.8 Å². The Morgan fingerprint density at radius 1 is 1.29 bits per heavy atom. The summed E-state index contributed by atoms with van der Waals surface area (Å²) in [5, 5.41) is 0.724. The van der Waals surface area contributed by atoms with Crippen LogP contribution in [0.25, 0.3) is 10.9 Å². The summed E-state index contributed by atoms with van der Waals surface area (Å²) >= 11 is 0. The number of nitrogens with zero attached hydrogens (tertiary/aromatic N) is 2. The van der Waals surface area contributed by atoms with Crippen LogP contribution in [0.2, 0.25) is 0 Å². The van der Waals surface area contributed by atoms with Crippen molar-refractivity contribution in [1.29, 1.82) is 0 Å². The fraction of sp³-hybridized carbons (Fsp3) is 0.273. The molecule has 1 aromatic heterocycles. The molecule has 70 valence electrons. The predicted molar refractivity (Wildman–Crippen MR) is 54.3 cm³/mol. The first-order valence-corrected chi connectivity index (χ1v) is 4.82. The molecule has 14 heavy (non-hydrogen) atoms.